The average Bonchev–Trinajstić information content (AvgIpc) is 3.19. The van der Waals surface area contributed by atoms with Crippen LogP contribution in [0.3, 0.4) is 0 Å². The van der Waals surface area contributed by atoms with Crippen molar-refractivity contribution in [1.82, 2.24) is 15.8 Å². The molecule has 0 aliphatic carbocycles. The van der Waals surface area contributed by atoms with Gasteiger partial charge in [0.2, 0.25) is 11.8 Å². The van der Waals surface area contributed by atoms with Gasteiger partial charge in [-0.25, -0.2) is 9.37 Å². The zero-order valence-electron chi connectivity index (χ0n) is 16.0. The largest absolute Gasteiger partial charge is 0.273 e. The molecule has 0 radical (unpaired) electrons. The molecule has 0 bridgehead atoms. The number of nitrogens with one attached hydrogen (secondary N) is 2. The summed E-state index contributed by atoms with van der Waals surface area (Å²) in [7, 11) is 0. The highest BCUT2D eigenvalue weighted by Gasteiger charge is 2.20. The van der Waals surface area contributed by atoms with Gasteiger partial charge < -0.3 is 0 Å². The van der Waals surface area contributed by atoms with Crippen LogP contribution in [-0.2, 0) is 16.0 Å². The van der Waals surface area contributed by atoms with Crippen LogP contribution in [0.5, 0.6) is 0 Å². The van der Waals surface area contributed by atoms with E-state index in [1.807, 2.05) is 37.3 Å². The van der Waals surface area contributed by atoms with Gasteiger partial charge >= 0.3 is 0 Å². The van der Waals surface area contributed by atoms with Crippen LogP contribution in [0.4, 0.5) is 4.39 Å². The monoisotopic (exact) mass is 411 g/mol. The van der Waals surface area contributed by atoms with E-state index in [1.165, 1.54) is 23.5 Å². The zero-order valence-corrected chi connectivity index (χ0v) is 16.8. The number of thiazole rings is 1. The van der Waals surface area contributed by atoms with Crippen molar-refractivity contribution in [3.8, 4) is 10.6 Å². The Morgan fingerprint density at radius 1 is 1.07 bits per heavy atom. The number of hydrazine groups is 1. The number of benzene rings is 2. The third-order valence-corrected chi connectivity index (χ3v) is 5.35. The summed E-state index contributed by atoms with van der Waals surface area (Å²) in [6.07, 6.45) is 1.59. The Balaban J connectivity index is 1.55. The number of rotatable bonds is 7. The minimum atomic E-state index is -0.349. The zero-order chi connectivity index (χ0) is 20.6. The minimum absolute atomic E-state index is 0.0434. The summed E-state index contributed by atoms with van der Waals surface area (Å²) >= 11 is 1.38. The number of hydrogen-bond donors (Lipinski definition) is 2. The van der Waals surface area contributed by atoms with Crippen LogP contribution in [-0.4, -0.2) is 16.8 Å². The van der Waals surface area contributed by atoms with Gasteiger partial charge in [-0.1, -0.05) is 43.7 Å². The molecule has 0 saturated carbocycles. The van der Waals surface area contributed by atoms with Gasteiger partial charge in [0.05, 0.1) is 18.0 Å². The molecule has 1 atom stereocenters. The molecule has 2 aromatic carbocycles. The molecular weight excluding hydrogens is 389 g/mol. The summed E-state index contributed by atoms with van der Waals surface area (Å²) in [6, 6.07) is 15.6. The van der Waals surface area contributed by atoms with Crippen molar-refractivity contribution < 1.29 is 14.0 Å². The molecule has 0 spiro atoms. The van der Waals surface area contributed by atoms with Crippen LogP contribution < -0.4 is 10.9 Å². The van der Waals surface area contributed by atoms with E-state index >= 15 is 0 Å². The molecule has 0 aliphatic rings. The maximum atomic E-state index is 13.0. The fourth-order valence-electron chi connectivity index (χ4n) is 2.96. The fourth-order valence-corrected chi connectivity index (χ4v) is 3.79. The van der Waals surface area contributed by atoms with Gasteiger partial charge in [-0.05, 0) is 36.2 Å². The lowest BCUT2D eigenvalue weighted by molar-refractivity contribution is -0.129. The quantitative estimate of drug-likeness (QED) is 0.572. The normalized spacial score (nSPS) is 11.7. The third kappa shape index (κ3) is 5.71. The van der Waals surface area contributed by atoms with E-state index < -0.39 is 0 Å². The third-order valence-electron chi connectivity index (χ3n) is 4.41. The number of nitrogens with zero attached hydrogens (tertiary/aromatic N) is 1. The molecule has 0 fully saturated rings. The highest BCUT2D eigenvalue weighted by Crippen LogP contribution is 2.24. The summed E-state index contributed by atoms with van der Waals surface area (Å²) in [4.78, 5) is 29.2. The molecule has 1 heterocycles. The molecule has 7 heteroatoms. The van der Waals surface area contributed by atoms with E-state index in [-0.39, 0.29) is 30.0 Å². The van der Waals surface area contributed by atoms with E-state index in [1.54, 1.807) is 17.5 Å². The Morgan fingerprint density at radius 3 is 2.48 bits per heavy atom. The Bertz CT molecular complexity index is 958. The highest BCUT2D eigenvalue weighted by atomic mass is 32.1. The molecular formula is C22H22FN3O2S. The first-order valence-corrected chi connectivity index (χ1v) is 10.3. The summed E-state index contributed by atoms with van der Waals surface area (Å²) < 4.78 is 13.0. The lowest BCUT2D eigenvalue weighted by atomic mass is 9.94. The van der Waals surface area contributed by atoms with Gasteiger partial charge in [-0.3, -0.25) is 20.4 Å². The maximum absolute atomic E-state index is 13.0. The summed E-state index contributed by atoms with van der Waals surface area (Å²) in [5, 5.41) is 2.49. The first kappa shape index (κ1) is 20.7. The molecule has 3 rings (SSSR count). The molecule has 29 heavy (non-hydrogen) atoms. The molecule has 3 aromatic rings. The number of hydrogen-bond acceptors (Lipinski definition) is 4. The number of amides is 2. The fraction of sp³-hybridized carbons (Fsp3) is 0.227. The Kier molecular flexibility index (Phi) is 7.08. The number of carbonyl (C=O) groups excluding carboxylic acids is 2. The van der Waals surface area contributed by atoms with Crippen LogP contribution in [0, 0.1) is 5.82 Å². The Labute approximate surface area is 173 Å². The maximum Gasteiger partial charge on any atom is 0.245 e. The van der Waals surface area contributed by atoms with Crippen LogP contribution in [0.1, 0.15) is 36.9 Å². The van der Waals surface area contributed by atoms with Crippen molar-refractivity contribution in [1.29, 1.82) is 0 Å². The lowest BCUT2D eigenvalue weighted by Gasteiger charge is -2.16. The van der Waals surface area contributed by atoms with Crippen LogP contribution >= 0.6 is 11.3 Å². The molecule has 2 amide bonds. The van der Waals surface area contributed by atoms with Crippen LogP contribution in [0.15, 0.2) is 60.0 Å². The number of carbonyl (C=O) groups is 2. The Morgan fingerprint density at radius 2 is 1.79 bits per heavy atom. The number of halogens is 1. The molecule has 0 aliphatic heterocycles. The second-order valence-corrected chi connectivity index (χ2v) is 7.48. The summed E-state index contributed by atoms with van der Waals surface area (Å²) in [6.45, 7) is 2.02. The topological polar surface area (TPSA) is 71.1 Å². The first-order valence-electron chi connectivity index (χ1n) is 9.40. The summed E-state index contributed by atoms with van der Waals surface area (Å²) in [5.74, 6) is -1.21. The average molecular weight is 412 g/mol. The van der Waals surface area contributed by atoms with Gasteiger partial charge in [0, 0.05) is 10.9 Å². The predicted octanol–water partition coefficient (Wildman–Crippen LogP) is 4.22. The minimum Gasteiger partial charge on any atom is -0.273 e. The SMILES string of the molecule is CCC[C@@H](C(=O)NNC(=O)Cc1csc(-c2ccc(F)cc2)n1)c1ccccc1. The van der Waals surface area contributed by atoms with Crippen molar-refractivity contribution in [2.24, 2.45) is 0 Å². The van der Waals surface area contributed by atoms with Gasteiger partial charge in [-0.15, -0.1) is 11.3 Å². The Hall–Kier alpha value is -3.06. The predicted molar refractivity (Wildman–Crippen MR) is 112 cm³/mol. The van der Waals surface area contributed by atoms with Gasteiger partial charge in [0.25, 0.3) is 0 Å². The van der Waals surface area contributed by atoms with Gasteiger partial charge in [0.15, 0.2) is 0 Å². The van der Waals surface area contributed by atoms with E-state index in [0.29, 0.717) is 17.1 Å². The van der Waals surface area contributed by atoms with Crippen LogP contribution in [0.2, 0.25) is 0 Å². The second-order valence-electron chi connectivity index (χ2n) is 6.62. The molecule has 0 unspecified atom stereocenters. The van der Waals surface area contributed by atoms with Crippen molar-refractivity contribution >= 4 is 23.2 Å². The van der Waals surface area contributed by atoms with E-state index in [4.69, 9.17) is 0 Å². The van der Waals surface area contributed by atoms with Crippen molar-refractivity contribution in [3.05, 3.63) is 77.1 Å². The molecule has 150 valence electrons. The van der Waals surface area contributed by atoms with Crippen molar-refractivity contribution in [2.75, 3.05) is 0 Å². The van der Waals surface area contributed by atoms with Crippen molar-refractivity contribution in [3.63, 3.8) is 0 Å². The van der Waals surface area contributed by atoms with Gasteiger partial charge in [0.1, 0.15) is 10.8 Å². The molecule has 1 aromatic heterocycles. The van der Waals surface area contributed by atoms with Crippen LogP contribution in [0.25, 0.3) is 10.6 Å². The van der Waals surface area contributed by atoms with Crippen molar-refractivity contribution in [2.45, 2.75) is 32.1 Å². The smallest absolute Gasteiger partial charge is 0.245 e. The molecule has 2 N–H and O–H groups in total. The lowest BCUT2D eigenvalue weighted by Crippen LogP contribution is -2.44. The summed E-state index contributed by atoms with van der Waals surface area (Å²) in [5.41, 5.74) is 7.30. The first-order chi connectivity index (χ1) is 14.1. The van der Waals surface area contributed by atoms with E-state index in [9.17, 15) is 14.0 Å². The van der Waals surface area contributed by atoms with E-state index in [2.05, 4.69) is 15.8 Å². The van der Waals surface area contributed by atoms with E-state index in [0.717, 1.165) is 17.5 Å². The van der Waals surface area contributed by atoms with Gasteiger partial charge in [-0.2, -0.15) is 0 Å². The molecule has 5 nitrogen and oxygen atoms in total. The number of aromatic nitrogens is 1. The second kappa shape index (κ2) is 9.93. The highest BCUT2D eigenvalue weighted by molar-refractivity contribution is 7.13. The molecule has 0 saturated heterocycles. The standard InChI is InChI=1S/C22H22FN3O2S/c1-2-6-19(15-7-4-3-5-8-15)21(28)26-25-20(27)13-18-14-29-22(24-18)16-9-11-17(23)12-10-16/h3-5,7-12,14,19H,2,6,13H2,1H3,(H,25,27)(H,26,28)/t19-/m1/s1.